The van der Waals surface area contributed by atoms with Crippen molar-refractivity contribution in [3.8, 4) is 0 Å². The highest BCUT2D eigenvalue weighted by Gasteiger charge is 2.33. The van der Waals surface area contributed by atoms with E-state index in [1.54, 1.807) is 24.3 Å². The third-order valence-electron chi connectivity index (χ3n) is 6.75. The van der Waals surface area contributed by atoms with Crippen LogP contribution in [0.2, 0.25) is 0 Å². The molecule has 35 heavy (non-hydrogen) atoms. The van der Waals surface area contributed by atoms with Crippen LogP contribution in [0.5, 0.6) is 0 Å². The summed E-state index contributed by atoms with van der Waals surface area (Å²) in [6.45, 7) is 7.42. The Labute approximate surface area is 203 Å². The first-order chi connectivity index (χ1) is 16.7. The second-order valence-electron chi connectivity index (χ2n) is 9.28. The van der Waals surface area contributed by atoms with Crippen molar-refractivity contribution in [2.45, 2.75) is 50.4 Å². The molecule has 3 heterocycles. The lowest BCUT2D eigenvalue weighted by atomic mass is 10.00. The van der Waals surface area contributed by atoms with Crippen molar-refractivity contribution in [1.82, 2.24) is 30.1 Å². The molecule has 2 aromatic carbocycles. The predicted molar refractivity (Wildman–Crippen MR) is 133 cm³/mol. The Balaban J connectivity index is 1.62. The van der Waals surface area contributed by atoms with Crippen molar-refractivity contribution >= 4 is 20.7 Å². The van der Waals surface area contributed by atoms with Crippen LogP contribution in [0.4, 0.5) is 0 Å². The second kappa shape index (κ2) is 9.01. The zero-order valence-corrected chi connectivity index (χ0v) is 20.8. The number of benzene rings is 2. The molecular formula is C25H28N6O3S. The van der Waals surface area contributed by atoms with Gasteiger partial charge in [0.25, 0.3) is 5.56 Å². The maximum absolute atomic E-state index is 13.4. The maximum atomic E-state index is 13.4. The summed E-state index contributed by atoms with van der Waals surface area (Å²) in [5.41, 5.74) is 4.10. The third kappa shape index (κ3) is 4.39. The van der Waals surface area contributed by atoms with Crippen LogP contribution in [0.25, 0.3) is 10.9 Å². The van der Waals surface area contributed by atoms with Gasteiger partial charge in [-0.25, -0.2) is 13.1 Å². The fourth-order valence-electron chi connectivity index (χ4n) is 4.77. The van der Waals surface area contributed by atoms with Crippen molar-refractivity contribution in [1.29, 1.82) is 0 Å². The lowest BCUT2D eigenvalue weighted by molar-refractivity contribution is 0.264. The zero-order valence-electron chi connectivity index (χ0n) is 20.0. The van der Waals surface area contributed by atoms with Crippen LogP contribution in [0.1, 0.15) is 47.0 Å². The fraction of sp³-hybridized carbons (Fsp3) is 0.360. The summed E-state index contributed by atoms with van der Waals surface area (Å²) in [6.07, 6.45) is 1.98. The summed E-state index contributed by atoms with van der Waals surface area (Å²) in [5, 5.41) is 13.0. The number of rotatable bonds is 6. The van der Waals surface area contributed by atoms with Gasteiger partial charge in [0.1, 0.15) is 6.04 Å². The monoisotopic (exact) mass is 492 g/mol. The molecule has 182 valence electrons. The van der Waals surface area contributed by atoms with Crippen molar-refractivity contribution in [2.24, 2.45) is 0 Å². The molecule has 1 aliphatic heterocycles. The van der Waals surface area contributed by atoms with Gasteiger partial charge in [-0.15, -0.1) is 5.10 Å². The standard InChI is InChI=1S/C25H28N6O3S/c1-16-6-10-19(11-7-16)35(33,34)15-31-24(27-28-29-31)23(30-12-4-5-13-30)21-14-20-17(2)8-9-18(3)22(20)26-25(21)32/h6-11,14,23H,4-5,12-13,15H2,1-3H3,(H,26,32)/t23-/m1/s1. The first-order valence-electron chi connectivity index (χ1n) is 11.7. The largest absolute Gasteiger partial charge is 0.321 e. The number of H-pyrrole nitrogens is 1. The van der Waals surface area contributed by atoms with E-state index in [1.165, 1.54) is 4.68 Å². The maximum Gasteiger partial charge on any atom is 0.253 e. The smallest absolute Gasteiger partial charge is 0.253 e. The van der Waals surface area contributed by atoms with E-state index in [1.807, 2.05) is 39.0 Å². The molecule has 9 nitrogen and oxygen atoms in total. The van der Waals surface area contributed by atoms with Gasteiger partial charge in [0.15, 0.2) is 21.5 Å². The highest BCUT2D eigenvalue weighted by atomic mass is 32.2. The number of aromatic nitrogens is 5. The summed E-state index contributed by atoms with van der Waals surface area (Å²) in [5.74, 6) is -0.0652. The van der Waals surface area contributed by atoms with Gasteiger partial charge >= 0.3 is 0 Å². The number of hydrogen-bond acceptors (Lipinski definition) is 7. The zero-order chi connectivity index (χ0) is 24.7. The predicted octanol–water partition coefficient (Wildman–Crippen LogP) is 3.06. The number of likely N-dealkylation sites (tertiary alicyclic amines) is 1. The number of aryl methyl sites for hydroxylation is 3. The van der Waals surface area contributed by atoms with Gasteiger partial charge < -0.3 is 4.98 Å². The summed E-state index contributed by atoms with van der Waals surface area (Å²) >= 11 is 0. The Kier molecular flexibility index (Phi) is 6.02. The number of hydrogen-bond donors (Lipinski definition) is 1. The molecule has 5 rings (SSSR count). The minimum Gasteiger partial charge on any atom is -0.321 e. The topological polar surface area (TPSA) is 114 Å². The van der Waals surface area contributed by atoms with E-state index in [9.17, 15) is 13.2 Å². The highest BCUT2D eigenvalue weighted by molar-refractivity contribution is 7.90. The number of fused-ring (bicyclic) bond motifs is 1. The average Bonchev–Trinajstić information content (AvgIpc) is 3.51. The first kappa shape index (κ1) is 23.4. The minimum absolute atomic E-state index is 0.205. The number of pyridine rings is 1. The van der Waals surface area contributed by atoms with E-state index in [4.69, 9.17) is 0 Å². The van der Waals surface area contributed by atoms with Crippen LogP contribution in [0.3, 0.4) is 0 Å². The highest BCUT2D eigenvalue weighted by Crippen LogP contribution is 2.31. The fourth-order valence-corrected chi connectivity index (χ4v) is 5.98. The average molecular weight is 493 g/mol. The summed E-state index contributed by atoms with van der Waals surface area (Å²) in [6, 6.07) is 12.1. The Morgan fingerprint density at radius 3 is 2.40 bits per heavy atom. The molecular weight excluding hydrogens is 464 g/mol. The molecule has 0 radical (unpaired) electrons. The molecule has 1 aliphatic rings. The number of tetrazole rings is 1. The summed E-state index contributed by atoms with van der Waals surface area (Å²) in [4.78, 5) is 18.8. The van der Waals surface area contributed by atoms with E-state index in [0.29, 0.717) is 11.4 Å². The molecule has 0 unspecified atom stereocenters. The Morgan fingerprint density at radius 2 is 1.69 bits per heavy atom. The van der Waals surface area contributed by atoms with Crippen LogP contribution < -0.4 is 5.56 Å². The molecule has 4 aromatic rings. The van der Waals surface area contributed by atoms with E-state index in [0.717, 1.165) is 53.5 Å². The van der Waals surface area contributed by atoms with E-state index < -0.39 is 21.8 Å². The third-order valence-corrected chi connectivity index (χ3v) is 8.32. The Bertz CT molecular complexity index is 1550. The lowest BCUT2D eigenvalue weighted by Crippen LogP contribution is -2.34. The number of sulfone groups is 1. The molecule has 0 bridgehead atoms. The van der Waals surface area contributed by atoms with Gasteiger partial charge in [0, 0.05) is 10.9 Å². The molecule has 0 amide bonds. The van der Waals surface area contributed by atoms with E-state index >= 15 is 0 Å². The Morgan fingerprint density at radius 1 is 1.00 bits per heavy atom. The van der Waals surface area contributed by atoms with Gasteiger partial charge in [-0.1, -0.05) is 29.8 Å². The SMILES string of the molecule is Cc1ccc(S(=O)(=O)Cn2nnnc2[C@@H](c2cc3c(C)ccc(C)c3[nH]c2=O)N2CCCC2)cc1. The molecule has 2 aromatic heterocycles. The summed E-state index contributed by atoms with van der Waals surface area (Å²) < 4.78 is 27.6. The van der Waals surface area contributed by atoms with Crippen LogP contribution in [-0.2, 0) is 15.7 Å². The minimum atomic E-state index is -3.70. The Hall–Kier alpha value is -3.37. The van der Waals surface area contributed by atoms with Crippen LogP contribution in [0.15, 0.2) is 52.2 Å². The molecule has 0 spiro atoms. The van der Waals surface area contributed by atoms with E-state index in [-0.39, 0.29) is 10.5 Å². The van der Waals surface area contributed by atoms with E-state index in [2.05, 4.69) is 25.4 Å². The van der Waals surface area contributed by atoms with Crippen molar-refractivity contribution in [3.63, 3.8) is 0 Å². The van der Waals surface area contributed by atoms with Gasteiger partial charge in [0.2, 0.25) is 0 Å². The molecule has 1 N–H and O–H groups in total. The van der Waals surface area contributed by atoms with Crippen LogP contribution >= 0.6 is 0 Å². The normalized spacial score (nSPS) is 15.6. The molecule has 10 heteroatoms. The van der Waals surface area contributed by atoms with Gasteiger partial charge in [0.05, 0.1) is 10.4 Å². The molecule has 1 atom stereocenters. The molecule has 1 saturated heterocycles. The quantitative estimate of drug-likeness (QED) is 0.440. The van der Waals surface area contributed by atoms with Gasteiger partial charge in [-0.05, 0) is 86.5 Å². The van der Waals surface area contributed by atoms with Crippen molar-refractivity contribution < 1.29 is 8.42 Å². The van der Waals surface area contributed by atoms with Crippen LogP contribution in [-0.4, -0.2) is 51.6 Å². The molecule has 0 aliphatic carbocycles. The first-order valence-corrected chi connectivity index (χ1v) is 13.3. The van der Waals surface area contributed by atoms with Gasteiger partial charge in [-0.2, -0.15) is 0 Å². The van der Waals surface area contributed by atoms with Gasteiger partial charge in [-0.3, -0.25) is 9.69 Å². The van der Waals surface area contributed by atoms with Crippen molar-refractivity contribution in [3.05, 3.63) is 80.9 Å². The molecule has 1 fully saturated rings. The second-order valence-corrected chi connectivity index (χ2v) is 11.2. The lowest BCUT2D eigenvalue weighted by Gasteiger charge is -2.26. The summed E-state index contributed by atoms with van der Waals surface area (Å²) in [7, 11) is -3.70. The van der Waals surface area contributed by atoms with Crippen molar-refractivity contribution in [2.75, 3.05) is 13.1 Å². The number of nitrogens with one attached hydrogen (secondary N) is 1. The molecule has 0 saturated carbocycles. The van der Waals surface area contributed by atoms with Crippen LogP contribution in [0, 0.1) is 20.8 Å². The number of aromatic amines is 1. The number of nitrogens with zero attached hydrogens (tertiary/aromatic N) is 5.